The van der Waals surface area contributed by atoms with Crippen molar-refractivity contribution in [1.82, 2.24) is 14.2 Å². The van der Waals surface area contributed by atoms with E-state index in [0.29, 0.717) is 37.4 Å². The maximum Gasteiger partial charge on any atom is 0.274 e. The fourth-order valence-electron chi connectivity index (χ4n) is 3.27. The van der Waals surface area contributed by atoms with Gasteiger partial charge in [0.1, 0.15) is 5.69 Å². The second-order valence-electron chi connectivity index (χ2n) is 6.63. The molecule has 2 amide bonds. The number of fused-ring (bicyclic) bond motifs is 1. The summed E-state index contributed by atoms with van der Waals surface area (Å²) in [5.41, 5.74) is 2.29. The Bertz CT molecular complexity index is 1020. The molecule has 4 rings (SSSR count). The summed E-state index contributed by atoms with van der Waals surface area (Å²) in [5.74, 6) is -0.0560. The quantitative estimate of drug-likeness (QED) is 0.601. The van der Waals surface area contributed by atoms with Crippen molar-refractivity contribution in [3.8, 4) is 0 Å². The van der Waals surface area contributed by atoms with Gasteiger partial charge in [-0.15, -0.1) is 0 Å². The molecule has 0 saturated carbocycles. The molecule has 0 spiro atoms. The first kappa shape index (κ1) is 18.1. The zero-order chi connectivity index (χ0) is 19.0. The van der Waals surface area contributed by atoms with Crippen LogP contribution in [-0.2, 0) is 0 Å². The largest absolute Gasteiger partial charge is 0.335 e. The van der Waals surface area contributed by atoms with Crippen LogP contribution in [-0.4, -0.2) is 52.2 Å². The molecule has 0 N–H and O–H groups in total. The van der Waals surface area contributed by atoms with Gasteiger partial charge in [0.15, 0.2) is 0 Å². The average molecular weight is 444 g/mol. The number of hydrogen-bond acceptors (Lipinski definition) is 4. The summed E-state index contributed by atoms with van der Waals surface area (Å²) in [5, 5.41) is 0.914. The number of piperazine rings is 1. The molecule has 7 heteroatoms. The molecule has 0 bridgehead atoms. The summed E-state index contributed by atoms with van der Waals surface area (Å²) in [6.07, 6.45) is 0. The number of carbonyl (C=O) groups excluding carboxylic acids is 2. The van der Waals surface area contributed by atoms with Crippen LogP contribution in [0.3, 0.4) is 0 Å². The van der Waals surface area contributed by atoms with Gasteiger partial charge in [-0.2, -0.15) is 4.37 Å². The van der Waals surface area contributed by atoms with E-state index in [1.54, 1.807) is 9.80 Å². The van der Waals surface area contributed by atoms with Crippen molar-refractivity contribution in [2.75, 3.05) is 26.2 Å². The highest BCUT2D eigenvalue weighted by molar-refractivity contribution is 9.10. The zero-order valence-electron chi connectivity index (χ0n) is 14.8. The minimum absolute atomic E-state index is 0.00173. The topological polar surface area (TPSA) is 53.5 Å². The Labute approximate surface area is 169 Å². The summed E-state index contributed by atoms with van der Waals surface area (Å²) in [7, 11) is 0. The van der Waals surface area contributed by atoms with Crippen molar-refractivity contribution >= 4 is 49.4 Å². The third-order valence-corrected chi connectivity index (χ3v) is 6.07. The van der Waals surface area contributed by atoms with E-state index < -0.39 is 0 Å². The summed E-state index contributed by atoms with van der Waals surface area (Å²) >= 11 is 4.75. The molecule has 1 aliphatic heterocycles. The smallest absolute Gasteiger partial charge is 0.274 e. The van der Waals surface area contributed by atoms with Gasteiger partial charge in [0.05, 0.1) is 4.70 Å². The standard InChI is InChI=1S/C20H18BrN3O2S/c1-13-5-6-17-16(11-13)18(22-27-17)20(26)24-9-7-23(8-10-24)19(25)14-3-2-4-15(21)12-14/h2-6,11-12H,7-10H2,1H3. The summed E-state index contributed by atoms with van der Waals surface area (Å²) in [6, 6.07) is 13.4. The first-order chi connectivity index (χ1) is 13.0. The molecule has 1 fully saturated rings. The monoisotopic (exact) mass is 443 g/mol. The molecule has 1 saturated heterocycles. The highest BCUT2D eigenvalue weighted by Crippen LogP contribution is 2.25. The fourth-order valence-corrected chi connectivity index (χ4v) is 4.42. The number of carbonyl (C=O) groups is 2. The number of aromatic nitrogens is 1. The second-order valence-corrected chi connectivity index (χ2v) is 8.35. The zero-order valence-corrected chi connectivity index (χ0v) is 17.2. The van der Waals surface area contributed by atoms with Gasteiger partial charge in [-0.25, -0.2) is 0 Å². The Morgan fingerprint density at radius 3 is 2.41 bits per heavy atom. The first-order valence-corrected chi connectivity index (χ1v) is 10.3. The van der Waals surface area contributed by atoms with Crippen molar-refractivity contribution in [3.63, 3.8) is 0 Å². The third kappa shape index (κ3) is 3.61. The van der Waals surface area contributed by atoms with Crippen LogP contribution in [0.25, 0.3) is 10.1 Å². The molecule has 27 heavy (non-hydrogen) atoms. The first-order valence-electron chi connectivity index (χ1n) is 8.73. The highest BCUT2D eigenvalue weighted by atomic mass is 79.9. The van der Waals surface area contributed by atoms with Crippen LogP contribution < -0.4 is 0 Å². The molecule has 0 radical (unpaired) electrons. The van der Waals surface area contributed by atoms with Crippen LogP contribution in [0.2, 0.25) is 0 Å². The van der Waals surface area contributed by atoms with Crippen molar-refractivity contribution in [2.45, 2.75) is 6.92 Å². The highest BCUT2D eigenvalue weighted by Gasteiger charge is 2.27. The lowest BCUT2D eigenvalue weighted by Gasteiger charge is -2.34. The number of nitrogens with zero attached hydrogens (tertiary/aromatic N) is 3. The third-order valence-electron chi connectivity index (χ3n) is 4.75. The molecule has 0 unspecified atom stereocenters. The Hall–Kier alpha value is -2.25. The number of benzene rings is 2. The number of rotatable bonds is 2. The molecule has 1 aromatic heterocycles. The molecule has 2 heterocycles. The summed E-state index contributed by atoms with van der Waals surface area (Å²) in [4.78, 5) is 29.2. The Balaban J connectivity index is 1.46. The van der Waals surface area contributed by atoms with Crippen LogP contribution in [0.5, 0.6) is 0 Å². The minimum atomic E-state index is -0.0543. The average Bonchev–Trinajstić information content (AvgIpc) is 3.10. The van der Waals surface area contributed by atoms with Crippen LogP contribution in [0.4, 0.5) is 0 Å². The van der Waals surface area contributed by atoms with Crippen molar-refractivity contribution < 1.29 is 9.59 Å². The van der Waals surface area contributed by atoms with Crippen LogP contribution in [0.15, 0.2) is 46.9 Å². The maximum atomic E-state index is 12.9. The SMILES string of the molecule is Cc1ccc2snc(C(=O)N3CCN(C(=O)c4cccc(Br)c4)CC3)c2c1. The van der Waals surface area contributed by atoms with Gasteiger partial charge in [-0.1, -0.05) is 33.6 Å². The van der Waals surface area contributed by atoms with Gasteiger partial charge in [0.2, 0.25) is 0 Å². The van der Waals surface area contributed by atoms with E-state index in [1.807, 2.05) is 49.4 Å². The van der Waals surface area contributed by atoms with E-state index in [0.717, 1.165) is 20.1 Å². The normalized spacial score (nSPS) is 14.6. The lowest BCUT2D eigenvalue weighted by atomic mass is 10.1. The number of amides is 2. The van der Waals surface area contributed by atoms with E-state index in [4.69, 9.17) is 0 Å². The molecule has 2 aromatic carbocycles. The lowest BCUT2D eigenvalue weighted by molar-refractivity contribution is 0.0534. The minimum Gasteiger partial charge on any atom is -0.335 e. The van der Waals surface area contributed by atoms with Gasteiger partial charge in [-0.3, -0.25) is 9.59 Å². The second kappa shape index (κ2) is 7.40. The number of halogens is 1. The van der Waals surface area contributed by atoms with Gasteiger partial charge in [-0.05, 0) is 48.8 Å². The molecule has 0 aliphatic carbocycles. The van der Waals surface area contributed by atoms with Gasteiger partial charge >= 0.3 is 0 Å². The van der Waals surface area contributed by atoms with E-state index >= 15 is 0 Å². The Morgan fingerprint density at radius 1 is 1.00 bits per heavy atom. The molecule has 1 aliphatic rings. The lowest BCUT2D eigenvalue weighted by Crippen LogP contribution is -2.50. The number of aryl methyl sites for hydroxylation is 1. The predicted molar refractivity (Wildman–Crippen MR) is 110 cm³/mol. The van der Waals surface area contributed by atoms with Crippen LogP contribution >= 0.6 is 27.5 Å². The van der Waals surface area contributed by atoms with Gasteiger partial charge < -0.3 is 9.80 Å². The number of hydrogen-bond donors (Lipinski definition) is 0. The van der Waals surface area contributed by atoms with E-state index in [9.17, 15) is 9.59 Å². The molecule has 3 aromatic rings. The molecule has 0 atom stereocenters. The predicted octanol–water partition coefficient (Wildman–Crippen LogP) is 3.97. The molecular formula is C20H18BrN3O2S. The van der Waals surface area contributed by atoms with Crippen molar-refractivity contribution in [3.05, 3.63) is 63.8 Å². The van der Waals surface area contributed by atoms with Gasteiger partial charge in [0.25, 0.3) is 11.8 Å². The summed E-state index contributed by atoms with van der Waals surface area (Å²) in [6.45, 7) is 4.10. The van der Waals surface area contributed by atoms with Crippen molar-refractivity contribution in [2.24, 2.45) is 0 Å². The van der Waals surface area contributed by atoms with Gasteiger partial charge in [0, 0.05) is 41.6 Å². The fraction of sp³-hybridized carbons (Fsp3) is 0.250. The van der Waals surface area contributed by atoms with Crippen molar-refractivity contribution in [1.29, 1.82) is 0 Å². The summed E-state index contributed by atoms with van der Waals surface area (Å²) < 4.78 is 6.29. The Kier molecular flexibility index (Phi) is 4.97. The molecular weight excluding hydrogens is 426 g/mol. The van der Waals surface area contributed by atoms with Crippen LogP contribution in [0, 0.1) is 6.92 Å². The van der Waals surface area contributed by atoms with E-state index in [1.165, 1.54) is 11.5 Å². The molecule has 5 nitrogen and oxygen atoms in total. The molecule has 138 valence electrons. The van der Waals surface area contributed by atoms with Crippen LogP contribution in [0.1, 0.15) is 26.4 Å². The maximum absolute atomic E-state index is 12.9. The van der Waals surface area contributed by atoms with E-state index in [-0.39, 0.29) is 11.8 Å². The van der Waals surface area contributed by atoms with E-state index in [2.05, 4.69) is 20.3 Å². The Morgan fingerprint density at radius 2 is 1.70 bits per heavy atom.